The van der Waals surface area contributed by atoms with Crippen LogP contribution in [0.4, 0.5) is 0 Å². The summed E-state index contributed by atoms with van der Waals surface area (Å²) in [7, 11) is 0. The van der Waals surface area contributed by atoms with Gasteiger partial charge in [0.2, 0.25) is 17.6 Å². The second-order valence-electron chi connectivity index (χ2n) is 7.34. The number of nitrogens with zero attached hydrogens (tertiary/aromatic N) is 7. The van der Waals surface area contributed by atoms with Crippen molar-refractivity contribution in [1.29, 1.82) is 0 Å². The molecular weight excluding hydrogens is 374 g/mol. The van der Waals surface area contributed by atoms with E-state index in [0.29, 0.717) is 35.9 Å². The van der Waals surface area contributed by atoms with Gasteiger partial charge in [-0.05, 0) is 32.6 Å². The summed E-state index contributed by atoms with van der Waals surface area (Å²) in [5.41, 5.74) is 2.84. The van der Waals surface area contributed by atoms with Crippen molar-refractivity contribution in [3.05, 3.63) is 29.7 Å². The van der Waals surface area contributed by atoms with Crippen molar-refractivity contribution < 1.29 is 14.0 Å². The molecule has 29 heavy (non-hydrogen) atoms. The number of aromatic nitrogens is 7. The van der Waals surface area contributed by atoms with Crippen LogP contribution in [-0.4, -0.2) is 54.9 Å². The van der Waals surface area contributed by atoms with E-state index >= 15 is 0 Å². The molecule has 0 radical (unpaired) electrons. The summed E-state index contributed by atoms with van der Waals surface area (Å²) in [6.45, 7) is 4.00. The summed E-state index contributed by atoms with van der Waals surface area (Å²) in [4.78, 5) is 13.1. The highest BCUT2D eigenvalue weighted by atomic mass is 16.5. The Morgan fingerprint density at radius 1 is 1.17 bits per heavy atom. The van der Waals surface area contributed by atoms with Gasteiger partial charge in [0.05, 0.1) is 36.4 Å². The predicted octanol–water partition coefficient (Wildman–Crippen LogP) is 2.14. The Labute approximate surface area is 167 Å². The van der Waals surface area contributed by atoms with Gasteiger partial charge < -0.3 is 14.0 Å². The normalized spacial score (nSPS) is 19.8. The fourth-order valence-corrected chi connectivity index (χ4v) is 3.99. The minimum absolute atomic E-state index is 0.150. The second-order valence-corrected chi connectivity index (χ2v) is 7.34. The van der Waals surface area contributed by atoms with Crippen LogP contribution in [0.2, 0.25) is 0 Å². The Hall–Kier alpha value is -2.88. The maximum atomic E-state index is 5.58. The van der Waals surface area contributed by atoms with Crippen LogP contribution in [0.3, 0.4) is 0 Å². The summed E-state index contributed by atoms with van der Waals surface area (Å²) in [5.74, 6) is 1.70. The van der Waals surface area contributed by atoms with Gasteiger partial charge >= 0.3 is 0 Å². The van der Waals surface area contributed by atoms with E-state index in [1.807, 2.05) is 6.92 Å². The lowest BCUT2D eigenvalue weighted by Crippen LogP contribution is -2.24. The van der Waals surface area contributed by atoms with E-state index in [1.54, 1.807) is 12.4 Å². The Morgan fingerprint density at radius 2 is 2.07 bits per heavy atom. The third-order valence-corrected chi connectivity index (χ3v) is 5.52. The smallest absolute Gasteiger partial charge is 0.232 e. The molecule has 2 aliphatic rings. The van der Waals surface area contributed by atoms with Gasteiger partial charge in [0, 0.05) is 25.6 Å². The van der Waals surface area contributed by atoms with Crippen LogP contribution in [0.15, 0.2) is 16.9 Å². The number of fused-ring (bicyclic) bond motifs is 1. The summed E-state index contributed by atoms with van der Waals surface area (Å²) in [5, 5.41) is 13.0. The van der Waals surface area contributed by atoms with Gasteiger partial charge in [-0.25, -0.2) is 14.6 Å². The van der Waals surface area contributed by atoms with Crippen molar-refractivity contribution >= 4 is 0 Å². The van der Waals surface area contributed by atoms with Crippen LogP contribution in [0.25, 0.3) is 11.5 Å². The molecule has 152 valence electrons. The molecule has 1 atom stereocenters. The van der Waals surface area contributed by atoms with Crippen LogP contribution >= 0.6 is 0 Å². The number of aryl methyl sites for hydroxylation is 1. The average Bonchev–Trinajstić information content (AvgIpc) is 3.42. The van der Waals surface area contributed by atoms with Crippen molar-refractivity contribution in [2.45, 2.75) is 51.0 Å². The maximum Gasteiger partial charge on any atom is 0.232 e. The standard InChI is InChI=1S/C19H23N7O3/c1-2-28-17-11-20-15(10-21-17)18-22-19(29-24-18)12-3-4-14-16(9-12)26(25-23-14)13-5-7-27-8-6-13/h10-13H,2-9H2,1H3. The summed E-state index contributed by atoms with van der Waals surface area (Å²) < 4.78 is 18.5. The molecule has 4 heterocycles. The predicted molar refractivity (Wildman–Crippen MR) is 100 cm³/mol. The summed E-state index contributed by atoms with van der Waals surface area (Å²) in [6.07, 6.45) is 7.70. The summed E-state index contributed by atoms with van der Waals surface area (Å²) in [6, 6.07) is 0.358. The van der Waals surface area contributed by atoms with E-state index in [0.717, 1.165) is 51.0 Å². The van der Waals surface area contributed by atoms with Crippen LogP contribution < -0.4 is 4.74 Å². The highest BCUT2D eigenvalue weighted by molar-refractivity contribution is 5.46. The first-order chi connectivity index (χ1) is 14.3. The topological polar surface area (TPSA) is 114 Å². The largest absolute Gasteiger partial charge is 0.477 e. The molecule has 0 aromatic carbocycles. The first-order valence-electron chi connectivity index (χ1n) is 10.1. The number of hydrogen-bond donors (Lipinski definition) is 0. The highest BCUT2D eigenvalue weighted by Gasteiger charge is 2.31. The van der Waals surface area contributed by atoms with Crippen LogP contribution in [0, 0.1) is 0 Å². The lowest BCUT2D eigenvalue weighted by atomic mass is 9.89. The van der Waals surface area contributed by atoms with Gasteiger partial charge in [-0.15, -0.1) is 5.10 Å². The number of rotatable bonds is 5. The summed E-state index contributed by atoms with van der Waals surface area (Å²) >= 11 is 0. The van der Waals surface area contributed by atoms with Crippen molar-refractivity contribution in [3.8, 4) is 17.4 Å². The molecule has 1 saturated heterocycles. The molecular formula is C19H23N7O3. The lowest BCUT2D eigenvalue weighted by molar-refractivity contribution is 0.0647. The van der Waals surface area contributed by atoms with E-state index in [1.165, 1.54) is 5.69 Å². The second kappa shape index (κ2) is 7.86. The van der Waals surface area contributed by atoms with Crippen molar-refractivity contribution in [2.24, 2.45) is 0 Å². The zero-order chi connectivity index (χ0) is 19.6. The first kappa shape index (κ1) is 18.2. The quantitative estimate of drug-likeness (QED) is 0.638. The van der Waals surface area contributed by atoms with Gasteiger partial charge in [0.15, 0.2) is 0 Å². The Kier molecular flexibility index (Phi) is 4.92. The molecule has 0 amide bonds. The van der Waals surface area contributed by atoms with Gasteiger partial charge in [0.1, 0.15) is 5.69 Å². The minimum Gasteiger partial charge on any atom is -0.477 e. The molecule has 3 aromatic rings. The third kappa shape index (κ3) is 3.59. The lowest BCUT2D eigenvalue weighted by Gasteiger charge is -2.26. The zero-order valence-corrected chi connectivity index (χ0v) is 16.3. The van der Waals surface area contributed by atoms with E-state index < -0.39 is 0 Å². The molecule has 5 rings (SSSR count). The van der Waals surface area contributed by atoms with Gasteiger partial charge in [0.25, 0.3) is 0 Å². The Bertz CT molecular complexity index is 963. The third-order valence-electron chi connectivity index (χ3n) is 5.52. The Morgan fingerprint density at radius 3 is 2.86 bits per heavy atom. The number of ether oxygens (including phenoxy) is 2. The average molecular weight is 397 g/mol. The first-order valence-corrected chi connectivity index (χ1v) is 10.1. The molecule has 10 heteroatoms. The molecule has 0 N–H and O–H groups in total. The van der Waals surface area contributed by atoms with E-state index in [-0.39, 0.29) is 5.92 Å². The number of hydrogen-bond acceptors (Lipinski definition) is 9. The zero-order valence-electron chi connectivity index (χ0n) is 16.3. The SMILES string of the molecule is CCOc1cnc(-c2noc(C3CCc4nnn(C5CCOCC5)c4C3)n2)cn1. The van der Waals surface area contributed by atoms with Crippen LogP contribution in [-0.2, 0) is 17.6 Å². The van der Waals surface area contributed by atoms with Crippen molar-refractivity contribution in [3.63, 3.8) is 0 Å². The molecule has 1 aliphatic carbocycles. The van der Waals surface area contributed by atoms with Crippen LogP contribution in [0.1, 0.15) is 55.4 Å². The fraction of sp³-hybridized carbons (Fsp3) is 0.579. The van der Waals surface area contributed by atoms with E-state index in [2.05, 4.69) is 35.1 Å². The van der Waals surface area contributed by atoms with Crippen molar-refractivity contribution in [1.82, 2.24) is 35.1 Å². The monoisotopic (exact) mass is 397 g/mol. The molecule has 1 fully saturated rings. The van der Waals surface area contributed by atoms with E-state index in [4.69, 9.17) is 14.0 Å². The molecule has 0 bridgehead atoms. The molecule has 1 unspecified atom stereocenters. The van der Waals surface area contributed by atoms with Gasteiger partial charge in [-0.2, -0.15) is 4.98 Å². The molecule has 1 aliphatic heterocycles. The Balaban J connectivity index is 1.34. The highest BCUT2D eigenvalue weighted by Crippen LogP contribution is 2.34. The van der Waals surface area contributed by atoms with Crippen molar-refractivity contribution in [2.75, 3.05) is 19.8 Å². The molecule has 10 nitrogen and oxygen atoms in total. The van der Waals surface area contributed by atoms with Crippen LogP contribution in [0.5, 0.6) is 5.88 Å². The molecule has 3 aromatic heterocycles. The van der Waals surface area contributed by atoms with Gasteiger partial charge in [-0.1, -0.05) is 10.4 Å². The molecule has 0 spiro atoms. The fourth-order valence-electron chi connectivity index (χ4n) is 3.99. The maximum absolute atomic E-state index is 5.58. The minimum atomic E-state index is 0.150. The van der Waals surface area contributed by atoms with Gasteiger partial charge in [-0.3, -0.25) is 0 Å². The van der Waals surface area contributed by atoms with E-state index in [9.17, 15) is 0 Å². The molecule has 0 saturated carbocycles.